The minimum Gasteiger partial charge on any atom is -0.463 e. The summed E-state index contributed by atoms with van der Waals surface area (Å²) in [6.07, 6.45) is 6.01. The Morgan fingerprint density at radius 3 is 2.85 bits per heavy atom. The van der Waals surface area contributed by atoms with Gasteiger partial charge in [0, 0.05) is 13.0 Å². The van der Waals surface area contributed by atoms with Gasteiger partial charge in [0.25, 0.3) is 0 Å². The maximum atomic E-state index is 10.7. The molecule has 0 saturated heterocycles. The zero-order valence-corrected chi connectivity index (χ0v) is 8.16. The summed E-state index contributed by atoms with van der Waals surface area (Å²) in [5.74, 6) is -0.476. The number of esters is 1. The van der Waals surface area contributed by atoms with E-state index in [0.717, 1.165) is 18.9 Å². The fourth-order valence-corrected chi connectivity index (χ4v) is 0.640. The van der Waals surface area contributed by atoms with Crippen molar-refractivity contribution in [3.63, 3.8) is 0 Å². The second-order valence-electron chi connectivity index (χ2n) is 2.51. The third-order valence-electron chi connectivity index (χ3n) is 1.27. The Balaban J connectivity index is 3.56. The molecule has 0 heterocycles. The number of allylic oxidation sites excluding steroid dienone is 1. The van der Waals surface area contributed by atoms with E-state index in [1.807, 2.05) is 6.08 Å². The van der Waals surface area contributed by atoms with E-state index >= 15 is 0 Å². The van der Waals surface area contributed by atoms with Gasteiger partial charge in [-0.25, -0.2) is 4.79 Å². The van der Waals surface area contributed by atoms with Gasteiger partial charge >= 0.3 is 5.97 Å². The van der Waals surface area contributed by atoms with Crippen LogP contribution in [0.15, 0.2) is 25.0 Å². The molecule has 0 N–H and O–H groups in total. The zero-order chi connectivity index (χ0) is 10.1. The summed E-state index contributed by atoms with van der Waals surface area (Å²) in [5, 5.41) is 0. The van der Waals surface area contributed by atoms with Crippen LogP contribution in [0.25, 0.3) is 0 Å². The van der Waals surface area contributed by atoms with Crippen LogP contribution in [0, 0.1) is 0 Å². The van der Waals surface area contributed by atoms with Crippen LogP contribution in [0.5, 0.6) is 0 Å². The van der Waals surface area contributed by atoms with Crippen LogP contribution in [0.4, 0.5) is 0 Å². The standard InChI is InChI=1S/C10H16O3/c1-4-6-7-8-12-9(3)13-10(11)5-2/h5,7-9H,2,4,6H2,1,3H3. The predicted molar refractivity (Wildman–Crippen MR) is 50.9 cm³/mol. The lowest BCUT2D eigenvalue weighted by molar-refractivity contribution is -0.159. The molecule has 0 aromatic carbocycles. The van der Waals surface area contributed by atoms with E-state index < -0.39 is 12.3 Å². The second-order valence-corrected chi connectivity index (χ2v) is 2.51. The molecule has 0 saturated carbocycles. The summed E-state index contributed by atoms with van der Waals surface area (Å²) in [6, 6.07) is 0. The van der Waals surface area contributed by atoms with E-state index in [0.29, 0.717) is 0 Å². The van der Waals surface area contributed by atoms with Crippen LogP contribution in [0.2, 0.25) is 0 Å². The lowest BCUT2D eigenvalue weighted by Crippen LogP contribution is -2.13. The van der Waals surface area contributed by atoms with Crippen molar-refractivity contribution in [2.75, 3.05) is 0 Å². The first kappa shape index (κ1) is 11.8. The fraction of sp³-hybridized carbons (Fsp3) is 0.500. The third kappa shape index (κ3) is 7.12. The number of hydrogen-bond acceptors (Lipinski definition) is 3. The molecule has 0 aromatic rings. The van der Waals surface area contributed by atoms with Crippen molar-refractivity contribution in [2.45, 2.75) is 33.0 Å². The Morgan fingerprint density at radius 2 is 2.31 bits per heavy atom. The molecule has 3 nitrogen and oxygen atoms in total. The Kier molecular flexibility index (Phi) is 6.69. The molecule has 74 valence electrons. The largest absolute Gasteiger partial charge is 0.463 e. The van der Waals surface area contributed by atoms with Crippen molar-refractivity contribution in [1.29, 1.82) is 0 Å². The molecule has 0 aromatic heterocycles. The molecule has 0 aliphatic rings. The van der Waals surface area contributed by atoms with Crippen molar-refractivity contribution in [3.8, 4) is 0 Å². The van der Waals surface area contributed by atoms with Gasteiger partial charge in [0.1, 0.15) is 0 Å². The summed E-state index contributed by atoms with van der Waals surface area (Å²) in [6.45, 7) is 7.00. The normalized spacial score (nSPS) is 12.5. The SMILES string of the molecule is C=CC(=O)OC(C)OC=CCCC. The van der Waals surface area contributed by atoms with Crippen molar-refractivity contribution >= 4 is 5.97 Å². The highest BCUT2D eigenvalue weighted by atomic mass is 16.7. The molecule has 0 rings (SSSR count). The van der Waals surface area contributed by atoms with E-state index in [9.17, 15) is 4.79 Å². The molecule has 0 aliphatic heterocycles. The molecular formula is C10H16O3. The lowest BCUT2D eigenvalue weighted by atomic mass is 10.3. The fourth-order valence-electron chi connectivity index (χ4n) is 0.640. The van der Waals surface area contributed by atoms with Crippen LogP contribution in [0.3, 0.4) is 0 Å². The first-order chi connectivity index (χ1) is 6.20. The van der Waals surface area contributed by atoms with Gasteiger partial charge in [0.15, 0.2) is 0 Å². The maximum absolute atomic E-state index is 10.7. The number of rotatable bonds is 6. The van der Waals surface area contributed by atoms with E-state index in [2.05, 4.69) is 13.5 Å². The van der Waals surface area contributed by atoms with Crippen LogP contribution in [-0.4, -0.2) is 12.3 Å². The zero-order valence-electron chi connectivity index (χ0n) is 8.16. The van der Waals surface area contributed by atoms with Crippen LogP contribution >= 0.6 is 0 Å². The average molecular weight is 184 g/mol. The Morgan fingerprint density at radius 1 is 1.62 bits per heavy atom. The first-order valence-electron chi connectivity index (χ1n) is 4.34. The minimum atomic E-state index is -0.557. The van der Waals surface area contributed by atoms with Crippen LogP contribution in [-0.2, 0) is 14.3 Å². The Bertz CT molecular complexity index is 185. The van der Waals surface area contributed by atoms with E-state index in [-0.39, 0.29) is 0 Å². The molecule has 1 unspecified atom stereocenters. The monoisotopic (exact) mass is 184 g/mol. The Labute approximate surface area is 79.0 Å². The van der Waals surface area contributed by atoms with E-state index in [1.165, 1.54) is 0 Å². The topological polar surface area (TPSA) is 35.5 Å². The molecule has 3 heteroatoms. The predicted octanol–water partition coefficient (Wildman–Crippen LogP) is 2.39. The number of ether oxygens (including phenoxy) is 2. The van der Waals surface area contributed by atoms with Gasteiger partial charge in [-0.3, -0.25) is 0 Å². The first-order valence-corrected chi connectivity index (χ1v) is 4.34. The van der Waals surface area contributed by atoms with Crippen molar-refractivity contribution in [3.05, 3.63) is 25.0 Å². The molecule has 1 atom stereocenters. The van der Waals surface area contributed by atoms with Gasteiger partial charge < -0.3 is 9.47 Å². The third-order valence-corrected chi connectivity index (χ3v) is 1.27. The minimum absolute atomic E-state index is 0.476. The second kappa shape index (κ2) is 7.40. The number of unbranched alkanes of at least 4 members (excludes halogenated alkanes) is 1. The Hall–Kier alpha value is -1.25. The van der Waals surface area contributed by atoms with Gasteiger partial charge in [-0.2, -0.15) is 0 Å². The maximum Gasteiger partial charge on any atom is 0.333 e. The van der Waals surface area contributed by atoms with Gasteiger partial charge in [0.2, 0.25) is 6.29 Å². The highest BCUT2D eigenvalue weighted by molar-refractivity contribution is 5.81. The van der Waals surface area contributed by atoms with Crippen LogP contribution in [0.1, 0.15) is 26.7 Å². The summed E-state index contributed by atoms with van der Waals surface area (Å²) in [4.78, 5) is 10.7. The molecule has 0 bridgehead atoms. The molecule has 0 fully saturated rings. The smallest absolute Gasteiger partial charge is 0.333 e. The van der Waals surface area contributed by atoms with Gasteiger partial charge in [0.05, 0.1) is 6.26 Å². The van der Waals surface area contributed by atoms with Gasteiger partial charge in [-0.1, -0.05) is 19.9 Å². The summed E-state index contributed by atoms with van der Waals surface area (Å²) in [5.41, 5.74) is 0. The quantitative estimate of drug-likeness (QED) is 0.275. The highest BCUT2D eigenvalue weighted by Gasteiger charge is 2.03. The summed E-state index contributed by atoms with van der Waals surface area (Å²) in [7, 11) is 0. The van der Waals surface area contributed by atoms with Gasteiger partial charge in [-0.15, -0.1) is 0 Å². The summed E-state index contributed by atoms with van der Waals surface area (Å²) < 4.78 is 9.79. The van der Waals surface area contributed by atoms with E-state index in [1.54, 1.807) is 13.2 Å². The highest BCUT2D eigenvalue weighted by Crippen LogP contribution is 1.97. The number of hydrogen-bond donors (Lipinski definition) is 0. The lowest BCUT2D eigenvalue weighted by Gasteiger charge is -2.10. The number of carbonyl (C=O) groups is 1. The molecule has 0 amide bonds. The molecule has 13 heavy (non-hydrogen) atoms. The summed E-state index contributed by atoms with van der Waals surface area (Å²) >= 11 is 0. The van der Waals surface area contributed by atoms with Gasteiger partial charge in [-0.05, 0) is 12.5 Å². The molecule has 0 spiro atoms. The van der Waals surface area contributed by atoms with E-state index in [4.69, 9.17) is 9.47 Å². The number of carbonyl (C=O) groups excluding carboxylic acids is 1. The van der Waals surface area contributed by atoms with Crippen molar-refractivity contribution < 1.29 is 14.3 Å². The average Bonchev–Trinajstić information content (AvgIpc) is 2.12. The van der Waals surface area contributed by atoms with Crippen molar-refractivity contribution in [1.82, 2.24) is 0 Å². The van der Waals surface area contributed by atoms with Crippen molar-refractivity contribution in [2.24, 2.45) is 0 Å². The molecule has 0 radical (unpaired) electrons. The molecular weight excluding hydrogens is 168 g/mol. The van der Waals surface area contributed by atoms with Crippen LogP contribution < -0.4 is 0 Å². The molecule has 0 aliphatic carbocycles.